The molecule has 15 heavy (non-hydrogen) atoms. The van der Waals surface area contributed by atoms with Crippen LogP contribution in [0.25, 0.3) is 0 Å². The summed E-state index contributed by atoms with van der Waals surface area (Å²) in [5.74, 6) is 0. The van der Waals surface area contributed by atoms with Crippen molar-refractivity contribution in [3.8, 4) is 6.07 Å². The lowest BCUT2D eigenvalue weighted by atomic mass is 10.1. The summed E-state index contributed by atoms with van der Waals surface area (Å²) in [6, 6.07) is 2.76. The van der Waals surface area contributed by atoms with Crippen molar-refractivity contribution in [3.05, 3.63) is 0 Å². The predicted molar refractivity (Wildman–Crippen MR) is 61.4 cm³/mol. The third-order valence-electron chi connectivity index (χ3n) is 2.94. The van der Waals surface area contributed by atoms with E-state index < -0.39 is 5.54 Å². The topological polar surface area (TPSA) is 56.3 Å². The number of nitrogens with two attached hydrogens (primary N) is 1. The minimum absolute atomic E-state index is 0.618. The molecule has 4 nitrogen and oxygen atoms in total. The number of rotatable bonds is 3. The van der Waals surface area contributed by atoms with Crippen LogP contribution in [0.5, 0.6) is 0 Å². The van der Waals surface area contributed by atoms with Crippen molar-refractivity contribution in [2.75, 3.05) is 32.7 Å². The Labute approximate surface area is 92.6 Å². The van der Waals surface area contributed by atoms with Crippen LogP contribution in [0.4, 0.5) is 0 Å². The van der Waals surface area contributed by atoms with Gasteiger partial charge in [-0.15, -0.1) is 0 Å². The molecule has 1 fully saturated rings. The van der Waals surface area contributed by atoms with Crippen LogP contribution in [0.2, 0.25) is 0 Å². The fourth-order valence-corrected chi connectivity index (χ4v) is 1.94. The van der Waals surface area contributed by atoms with Crippen LogP contribution in [-0.4, -0.2) is 54.1 Å². The zero-order chi connectivity index (χ0) is 11.5. The summed E-state index contributed by atoms with van der Waals surface area (Å²) < 4.78 is 0. The van der Waals surface area contributed by atoms with Gasteiger partial charge in [-0.3, -0.25) is 9.80 Å². The minimum Gasteiger partial charge on any atom is -0.313 e. The van der Waals surface area contributed by atoms with E-state index in [0.29, 0.717) is 12.6 Å². The lowest BCUT2D eigenvalue weighted by Gasteiger charge is -2.38. The van der Waals surface area contributed by atoms with E-state index in [9.17, 15) is 0 Å². The summed E-state index contributed by atoms with van der Waals surface area (Å²) in [4.78, 5) is 4.73. The maximum Gasteiger partial charge on any atom is 0.114 e. The molecule has 0 aliphatic carbocycles. The maximum absolute atomic E-state index is 8.85. The molecule has 0 amide bonds. The van der Waals surface area contributed by atoms with Crippen LogP contribution >= 0.6 is 0 Å². The molecule has 1 rings (SSSR count). The molecule has 2 N–H and O–H groups in total. The van der Waals surface area contributed by atoms with E-state index in [1.807, 2.05) is 0 Å². The molecule has 0 bridgehead atoms. The first-order valence-electron chi connectivity index (χ1n) is 5.61. The van der Waals surface area contributed by atoms with Crippen molar-refractivity contribution >= 4 is 0 Å². The second kappa shape index (κ2) is 4.93. The van der Waals surface area contributed by atoms with E-state index in [1.165, 1.54) is 0 Å². The van der Waals surface area contributed by atoms with Crippen LogP contribution in [0, 0.1) is 11.3 Å². The minimum atomic E-state index is -0.708. The van der Waals surface area contributed by atoms with Crippen LogP contribution in [0.1, 0.15) is 20.8 Å². The van der Waals surface area contributed by atoms with Crippen molar-refractivity contribution in [2.24, 2.45) is 5.73 Å². The van der Waals surface area contributed by atoms with E-state index in [4.69, 9.17) is 11.0 Å². The molecule has 0 radical (unpaired) electrons. The molecular formula is C11H22N4. The van der Waals surface area contributed by atoms with Crippen molar-refractivity contribution in [3.63, 3.8) is 0 Å². The van der Waals surface area contributed by atoms with Gasteiger partial charge in [-0.2, -0.15) is 5.26 Å². The standard InChI is InChI=1S/C11H22N4/c1-10(2)15-6-4-14(5-7-15)9-11(3,13)8-12/h10H,4-7,9,13H2,1-3H3. The van der Waals surface area contributed by atoms with Gasteiger partial charge in [0.15, 0.2) is 0 Å². The summed E-state index contributed by atoms with van der Waals surface area (Å²) in [5, 5.41) is 8.85. The summed E-state index contributed by atoms with van der Waals surface area (Å²) in [6.45, 7) is 11.1. The number of nitriles is 1. The summed E-state index contributed by atoms with van der Waals surface area (Å²) in [6.07, 6.45) is 0. The van der Waals surface area contributed by atoms with Gasteiger partial charge in [0.05, 0.1) is 6.07 Å². The Morgan fingerprint density at radius 1 is 1.33 bits per heavy atom. The lowest BCUT2D eigenvalue weighted by Crippen LogP contribution is -2.54. The van der Waals surface area contributed by atoms with Gasteiger partial charge < -0.3 is 5.73 Å². The molecule has 86 valence electrons. The molecule has 0 aromatic heterocycles. The predicted octanol–water partition coefficient (Wildman–Crippen LogP) is 0.253. The molecule has 1 heterocycles. The molecule has 1 saturated heterocycles. The average molecular weight is 210 g/mol. The van der Waals surface area contributed by atoms with Gasteiger partial charge in [0.25, 0.3) is 0 Å². The number of nitrogens with zero attached hydrogens (tertiary/aromatic N) is 3. The second-order valence-corrected chi connectivity index (χ2v) is 4.94. The fourth-order valence-electron chi connectivity index (χ4n) is 1.94. The van der Waals surface area contributed by atoms with E-state index in [-0.39, 0.29) is 0 Å². The molecule has 1 unspecified atom stereocenters. The highest BCUT2D eigenvalue weighted by Gasteiger charge is 2.25. The quantitative estimate of drug-likeness (QED) is 0.725. The summed E-state index contributed by atoms with van der Waals surface area (Å²) in [5.41, 5.74) is 5.12. The molecular weight excluding hydrogens is 188 g/mol. The molecule has 1 aliphatic rings. The number of hydrogen-bond acceptors (Lipinski definition) is 4. The first-order valence-corrected chi connectivity index (χ1v) is 5.61. The fraction of sp³-hybridized carbons (Fsp3) is 0.909. The third-order valence-corrected chi connectivity index (χ3v) is 2.94. The Morgan fingerprint density at radius 3 is 2.27 bits per heavy atom. The highest BCUT2D eigenvalue weighted by Crippen LogP contribution is 2.08. The Balaban J connectivity index is 2.36. The first-order chi connectivity index (χ1) is 6.94. The van der Waals surface area contributed by atoms with Crippen LogP contribution < -0.4 is 5.73 Å². The zero-order valence-corrected chi connectivity index (χ0v) is 10.0. The van der Waals surface area contributed by atoms with E-state index >= 15 is 0 Å². The Bertz CT molecular complexity index is 233. The van der Waals surface area contributed by atoms with Gasteiger partial charge in [0, 0.05) is 38.8 Å². The largest absolute Gasteiger partial charge is 0.313 e. The molecule has 1 aliphatic heterocycles. The monoisotopic (exact) mass is 210 g/mol. The van der Waals surface area contributed by atoms with Gasteiger partial charge in [-0.05, 0) is 20.8 Å². The highest BCUT2D eigenvalue weighted by atomic mass is 15.3. The van der Waals surface area contributed by atoms with E-state index in [1.54, 1.807) is 6.92 Å². The van der Waals surface area contributed by atoms with Crippen molar-refractivity contribution in [1.82, 2.24) is 9.80 Å². The lowest BCUT2D eigenvalue weighted by molar-refractivity contribution is 0.0998. The molecule has 0 saturated carbocycles. The Kier molecular flexibility index (Phi) is 4.09. The second-order valence-electron chi connectivity index (χ2n) is 4.94. The SMILES string of the molecule is CC(C)N1CCN(CC(C)(N)C#N)CC1. The van der Waals surface area contributed by atoms with Crippen molar-refractivity contribution in [1.29, 1.82) is 5.26 Å². The zero-order valence-electron chi connectivity index (χ0n) is 10.0. The van der Waals surface area contributed by atoms with Gasteiger partial charge in [-0.1, -0.05) is 0 Å². The van der Waals surface area contributed by atoms with Crippen LogP contribution in [0.3, 0.4) is 0 Å². The molecule has 0 aromatic carbocycles. The van der Waals surface area contributed by atoms with E-state index in [0.717, 1.165) is 26.2 Å². The van der Waals surface area contributed by atoms with E-state index in [2.05, 4.69) is 29.7 Å². The van der Waals surface area contributed by atoms with Crippen LogP contribution in [0.15, 0.2) is 0 Å². The van der Waals surface area contributed by atoms with Crippen molar-refractivity contribution < 1.29 is 0 Å². The van der Waals surface area contributed by atoms with Crippen LogP contribution in [-0.2, 0) is 0 Å². The molecule has 4 heteroatoms. The van der Waals surface area contributed by atoms with Gasteiger partial charge in [0.2, 0.25) is 0 Å². The normalized spacial score (nSPS) is 23.7. The molecule has 1 atom stereocenters. The summed E-state index contributed by atoms with van der Waals surface area (Å²) >= 11 is 0. The summed E-state index contributed by atoms with van der Waals surface area (Å²) in [7, 11) is 0. The smallest absolute Gasteiger partial charge is 0.114 e. The third kappa shape index (κ3) is 3.78. The average Bonchev–Trinajstić information content (AvgIpc) is 2.18. The Hall–Kier alpha value is -0.630. The molecule has 0 aromatic rings. The number of hydrogen-bond donors (Lipinski definition) is 1. The van der Waals surface area contributed by atoms with Gasteiger partial charge >= 0.3 is 0 Å². The maximum atomic E-state index is 8.85. The Morgan fingerprint density at radius 2 is 1.87 bits per heavy atom. The van der Waals surface area contributed by atoms with Gasteiger partial charge in [-0.25, -0.2) is 0 Å². The highest BCUT2D eigenvalue weighted by molar-refractivity contribution is 5.03. The number of piperazine rings is 1. The molecule has 0 spiro atoms. The van der Waals surface area contributed by atoms with Crippen molar-refractivity contribution in [2.45, 2.75) is 32.4 Å². The van der Waals surface area contributed by atoms with Gasteiger partial charge in [0.1, 0.15) is 5.54 Å². The first kappa shape index (κ1) is 12.4.